The lowest BCUT2D eigenvalue weighted by Gasteiger charge is -2.40. The van der Waals surface area contributed by atoms with Gasteiger partial charge in [0.25, 0.3) is 0 Å². The van der Waals surface area contributed by atoms with E-state index >= 15 is 0 Å². The lowest BCUT2D eigenvalue weighted by Crippen LogP contribution is -2.61. The van der Waals surface area contributed by atoms with Crippen molar-refractivity contribution in [2.45, 2.75) is 19.4 Å². The van der Waals surface area contributed by atoms with Crippen LogP contribution in [0.2, 0.25) is 0 Å². The summed E-state index contributed by atoms with van der Waals surface area (Å²) in [6.07, 6.45) is 0.183. The molecule has 0 radical (unpaired) electrons. The number of rotatable bonds is 5. The molecule has 2 rings (SSSR count). The average Bonchev–Trinajstić information content (AvgIpc) is 2.61. The molecule has 24 heavy (non-hydrogen) atoms. The molecular weight excluding hydrogens is 310 g/mol. The summed E-state index contributed by atoms with van der Waals surface area (Å²) in [7, 11) is 1.52. The number of benzene rings is 1. The number of hydrogen-bond donors (Lipinski definition) is 1. The number of likely N-dealkylation sites (N-methyl/N-ethyl adjacent to an activating group) is 1. The molecule has 0 aromatic heterocycles. The Labute approximate surface area is 141 Å². The van der Waals surface area contributed by atoms with Crippen molar-refractivity contribution in [3.63, 3.8) is 0 Å². The molecule has 1 fully saturated rings. The van der Waals surface area contributed by atoms with Crippen molar-refractivity contribution in [1.29, 1.82) is 0 Å². The second-order valence-electron chi connectivity index (χ2n) is 5.59. The molecule has 0 bridgehead atoms. The fourth-order valence-electron chi connectivity index (χ4n) is 2.67. The first kappa shape index (κ1) is 17.8. The van der Waals surface area contributed by atoms with Crippen LogP contribution in [0.5, 0.6) is 5.75 Å². The van der Waals surface area contributed by atoms with Gasteiger partial charge in [-0.1, -0.05) is 18.2 Å². The van der Waals surface area contributed by atoms with Crippen LogP contribution >= 0.6 is 0 Å². The first-order chi connectivity index (χ1) is 11.5. The molecule has 1 aliphatic heterocycles. The summed E-state index contributed by atoms with van der Waals surface area (Å²) in [5.74, 6) is 0.193. The SMILES string of the molecule is CNC(=O)C1CN(C(C)=O)CCN1C(=O)CCOc1ccccc1. The number of carbonyl (C=O) groups excluding carboxylic acids is 3. The van der Waals surface area contributed by atoms with Gasteiger partial charge in [0.2, 0.25) is 17.7 Å². The standard InChI is InChI=1S/C17H23N3O4/c1-13(21)19-9-10-20(15(12-19)17(23)18-2)16(22)8-11-24-14-6-4-3-5-7-14/h3-7,15H,8-12H2,1-2H3,(H,18,23). The highest BCUT2D eigenvalue weighted by Gasteiger charge is 2.35. The minimum Gasteiger partial charge on any atom is -0.493 e. The molecule has 1 aliphatic rings. The van der Waals surface area contributed by atoms with Crippen LogP contribution < -0.4 is 10.1 Å². The van der Waals surface area contributed by atoms with Crippen LogP contribution in [0.25, 0.3) is 0 Å². The Morgan fingerprint density at radius 1 is 1.21 bits per heavy atom. The molecule has 1 aromatic rings. The highest BCUT2D eigenvalue weighted by atomic mass is 16.5. The van der Waals surface area contributed by atoms with E-state index in [-0.39, 0.29) is 37.3 Å². The first-order valence-electron chi connectivity index (χ1n) is 7.97. The lowest BCUT2D eigenvalue weighted by molar-refractivity contribution is -0.148. The van der Waals surface area contributed by atoms with Crippen molar-refractivity contribution in [1.82, 2.24) is 15.1 Å². The second-order valence-corrected chi connectivity index (χ2v) is 5.59. The van der Waals surface area contributed by atoms with Gasteiger partial charge in [-0.05, 0) is 12.1 Å². The van der Waals surface area contributed by atoms with Crippen molar-refractivity contribution in [2.75, 3.05) is 33.3 Å². The molecule has 0 saturated carbocycles. The second kappa shape index (κ2) is 8.33. The molecule has 1 N–H and O–H groups in total. The third-order valence-corrected chi connectivity index (χ3v) is 4.02. The van der Waals surface area contributed by atoms with E-state index in [1.807, 2.05) is 30.3 Å². The number of carbonyl (C=O) groups is 3. The lowest BCUT2D eigenvalue weighted by atomic mass is 10.1. The summed E-state index contributed by atoms with van der Waals surface area (Å²) in [6.45, 7) is 2.72. The molecule has 0 spiro atoms. The van der Waals surface area contributed by atoms with Crippen molar-refractivity contribution >= 4 is 17.7 Å². The summed E-state index contributed by atoms with van der Waals surface area (Å²) in [5.41, 5.74) is 0. The van der Waals surface area contributed by atoms with Crippen LogP contribution in [0.3, 0.4) is 0 Å². The van der Waals surface area contributed by atoms with E-state index in [0.717, 1.165) is 0 Å². The monoisotopic (exact) mass is 333 g/mol. The predicted molar refractivity (Wildman–Crippen MR) is 88.4 cm³/mol. The Morgan fingerprint density at radius 3 is 2.54 bits per heavy atom. The van der Waals surface area contributed by atoms with Gasteiger partial charge in [-0.3, -0.25) is 14.4 Å². The topological polar surface area (TPSA) is 79.0 Å². The fraction of sp³-hybridized carbons (Fsp3) is 0.471. The minimum atomic E-state index is -0.656. The Hall–Kier alpha value is -2.57. The van der Waals surface area contributed by atoms with E-state index < -0.39 is 6.04 Å². The maximum atomic E-state index is 12.5. The van der Waals surface area contributed by atoms with Gasteiger partial charge in [0, 0.05) is 27.1 Å². The Bertz CT molecular complexity index is 591. The summed E-state index contributed by atoms with van der Waals surface area (Å²) in [5, 5.41) is 2.56. The number of nitrogens with one attached hydrogen (secondary N) is 1. The van der Waals surface area contributed by atoms with E-state index in [1.165, 1.54) is 18.9 Å². The van der Waals surface area contributed by atoms with Crippen LogP contribution in [-0.2, 0) is 14.4 Å². The number of amides is 3. The predicted octanol–water partition coefficient (Wildman–Crippen LogP) is 0.261. The Morgan fingerprint density at radius 2 is 1.92 bits per heavy atom. The van der Waals surface area contributed by atoms with Gasteiger partial charge < -0.3 is 19.9 Å². The number of piperazine rings is 1. The summed E-state index contributed by atoms with van der Waals surface area (Å²) >= 11 is 0. The fourth-order valence-corrected chi connectivity index (χ4v) is 2.67. The quantitative estimate of drug-likeness (QED) is 0.838. The highest BCUT2D eigenvalue weighted by molar-refractivity contribution is 5.89. The molecule has 0 aliphatic carbocycles. The van der Waals surface area contributed by atoms with Crippen LogP contribution in [0.4, 0.5) is 0 Å². The van der Waals surface area contributed by atoms with Gasteiger partial charge in [0.05, 0.1) is 19.6 Å². The van der Waals surface area contributed by atoms with Crippen LogP contribution in [-0.4, -0.2) is 66.9 Å². The van der Waals surface area contributed by atoms with Crippen molar-refractivity contribution in [3.05, 3.63) is 30.3 Å². The summed E-state index contributed by atoms with van der Waals surface area (Å²) in [6, 6.07) is 8.60. The van der Waals surface area contributed by atoms with Crippen LogP contribution in [0.15, 0.2) is 30.3 Å². The molecule has 1 aromatic carbocycles. The van der Waals surface area contributed by atoms with Gasteiger partial charge in [-0.25, -0.2) is 0 Å². The van der Waals surface area contributed by atoms with E-state index in [0.29, 0.717) is 18.8 Å². The van der Waals surface area contributed by atoms with Gasteiger partial charge in [-0.15, -0.1) is 0 Å². The van der Waals surface area contributed by atoms with E-state index in [9.17, 15) is 14.4 Å². The maximum absolute atomic E-state index is 12.5. The smallest absolute Gasteiger partial charge is 0.244 e. The van der Waals surface area contributed by atoms with Crippen molar-refractivity contribution in [2.24, 2.45) is 0 Å². The zero-order valence-electron chi connectivity index (χ0n) is 14.0. The van der Waals surface area contributed by atoms with Crippen LogP contribution in [0, 0.1) is 0 Å². The van der Waals surface area contributed by atoms with E-state index in [1.54, 1.807) is 4.90 Å². The van der Waals surface area contributed by atoms with Gasteiger partial charge in [0.1, 0.15) is 11.8 Å². The Balaban J connectivity index is 1.93. The number of hydrogen-bond acceptors (Lipinski definition) is 4. The Kier molecular flexibility index (Phi) is 6.17. The van der Waals surface area contributed by atoms with Gasteiger partial charge >= 0.3 is 0 Å². The normalized spacial score (nSPS) is 17.3. The maximum Gasteiger partial charge on any atom is 0.244 e. The third kappa shape index (κ3) is 4.47. The molecule has 7 nitrogen and oxygen atoms in total. The third-order valence-electron chi connectivity index (χ3n) is 4.02. The van der Waals surface area contributed by atoms with E-state index in [2.05, 4.69) is 5.32 Å². The molecule has 7 heteroatoms. The summed E-state index contributed by atoms with van der Waals surface area (Å²) < 4.78 is 5.54. The number of para-hydroxylation sites is 1. The number of ether oxygens (including phenoxy) is 1. The molecule has 1 atom stereocenters. The number of nitrogens with zero attached hydrogens (tertiary/aromatic N) is 2. The van der Waals surface area contributed by atoms with Crippen LogP contribution in [0.1, 0.15) is 13.3 Å². The van der Waals surface area contributed by atoms with Gasteiger partial charge in [-0.2, -0.15) is 0 Å². The molecule has 1 heterocycles. The van der Waals surface area contributed by atoms with E-state index in [4.69, 9.17) is 4.74 Å². The molecule has 1 unspecified atom stereocenters. The molecule has 1 saturated heterocycles. The zero-order valence-corrected chi connectivity index (χ0v) is 14.0. The largest absolute Gasteiger partial charge is 0.493 e. The zero-order chi connectivity index (χ0) is 17.5. The molecule has 130 valence electrons. The minimum absolute atomic E-state index is 0.0941. The summed E-state index contributed by atoms with van der Waals surface area (Å²) in [4.78, 5) is 39.2. The van der Waals surface area contributed by atoms with Crippen molar-refractivity contribution in [3.8, 4) is 5.75 Å². The van der Waals surface area contributed by atoms with Gasteiger partial charge in [0.15, 0.2) is 0 Å². The first-order valence-corrected chi connectivity index (χ1v) is 7.97. The average molecular weight is 333 g/mol. The molecular formula is C17H23N3O4. The van der Waals surface area contributed by atoms with Crippen molar-refractivity contribution < 1.29 is 19.1 Å². The molecule has 3 amide bonds. The highest BCUT2D eigenvalue weighted by Crippen LogP contribution is 2.13.